The Balaban J connectivity index is 2.70. The fourth-order valence-corrected chi connectivity index (χ4v) is 1.83. The Morgan fingerprint density at radius 2 is 1.71 bits per heavy atom. The molecule has 116 valence electrons. The molecule has 0 saturated carbocycles. The highest BCUT2D eigenvalue weighted by atomic mass is 16.5. The lowest BCUT2D eigenvalue weighted by molar-refractivity contribution is 0.285. The van der Waals surface area contributed by atoms with Crippen molar-refractivity contribution in [1.82, 2.24) is 0 Å². The van der Waals surface area contributed by atoms with E-state index in [0.29, 0.717) is 42.4 Å². The molecule has 6 heteroatoms. The highest BCUT2D eigenvalue weighted by Crippen LogP contribution is 2.40. The highest BCUT2D eigenvalue weighted by molar-refractivity contribution is 5.55. The van der Waals surface area contributed by atoms with Gasteiger partial charge in [0.1, 0.15) is 11.3 Å². The first-order valence-electron chi connectivity index (χ1n) is 6.60. The Morgan fingerprint density at radius 1 is 1.14 bits per heavy atom. The van der Waals surface area contributed by atoms with Gasteiger partial charge in [0.15, 0.2) is 11.5 Å². The van der Waals surface area contributed by atoms with Gasteiger partial charge in [-0.15, -0.1) is 0 Å². The fraction of sp³-hybridized carbons (Fsp3) is 0.533. The van der Waals surface area contributed by atoms with Gasteiger partial charge in [-0.05, 0) is 19.8 Å². The number of nitrogens with zero attached hydrogens (tertiary/aromatic N) is 1. The minimum absolute atomic E-state index is 0.451. The maximum atomic E-state index is 8.84. The van der Waals surface area contributed by atoms with Crippen LogP contribution in [0, 0.1) is 11.3 Å². The van der Waals surface area contributed by atoms with E-state index in [-0.39, 0.29) is 0 Å². The van der Waals surface area contributed by atoms with Crippen molar-refractivity contribution in [3.63, 3.8) is 0 Å². The van der Waals surface area contributed by atoms with Crippen LogP contribution < -0.4 is 24.7 Å². The Bertz CT molecular complexity index is 484. The van der Waals surface area contributed by atoms with Crippen molar-refractivity contribution in [2.24, 2.45) is 5.73 Å². The van der Waals surface area contributed by atoms with Crippen LogP contribution in [-0.4, -0.2) is 33.5 Å². The van der Waals surface area contributed by atoms with Gasteiger partial charge in [-0.1, -0.05) is 0 Å². The Kier molecular flexibility index (Phi) is 6.12. The second kappa shape index (κ2) is 7.60. The monoisotopic (exact) mass is 294 g/mol. The molecule has 2 N–H and O–H groups in total. The van der Waals surface area contributed by atoms with E-state index in [2.05, 4.69) is 6.07 Å². The predicted molar refractivity (Wildman–Crippen MR) is 79.0 cm³/mol. The molecule has 0 aliphatic carbocycles. The standard InChI is InChI=1S/C15H22N2O4/c1-15(17,10-16)6-5-7-21-11-8-12(18-2)14(20-4)13(9-11)19-3/h8-9H,5-7,17H2,1-4H3. The van der Waals surface area contributed by atoms with Crippen LogP contribution in [0.25, 0.3) is 0 Å². The van der Waals surface area contributed by atoms with Crippen molar-refractivity contribution in [2.45, 2.75) is 25.3 Å². The maximum Gasteiger partial charge on any atom is 0.203 e. The second-order valence-electron chi connectivity index (χ2n) is 4.84. The van der Waals surface area contributed by atoms with Gasteiger partial charge in [-0.2, -0.15) is 5.26 Å². The largest absolute Gasteiger partial charge is 0.493 e. The Morgan fingerprint density at radius 3 is 2.14 bits per heavy atom. The molecule has 0 heterocycles. The molecule has 1 unspecified atom stereocenters. The number of nitriles is 1. The average Bonchev–Trinajstić information content (AvgIpc) is 2.50. The summed E-state index contributed by atoms with van der Waals surface area (Å²) < 4.78 is 21.4. The van der Waals surface area contributed by atoms with Gasteiger partial charge in [0.2, 0.25) is 5.75 Å². The van der Waals surface area contributed by atoms with Crippen molar-refractivity contribution in [2.75, 3.05) is 27.9 Å². The van der Waals surface area contributed by atoms with Crippen molar-refractivity contribution < 1.29 is 18.9 Å². The van der Waals surface area contributed by atoms with Crippen molar-refractivity contribution in [3.8, 4) is 29.1 Å². The highest BCUT2D eigenvalue weighted by Gasteiger charge is 2.17. The summed E-state index contributed by atoms with van der Waals surface area (Å²) in [5.74, 6) is 2.20. The van der Waals surface area contributed by atoms with Gasteiger partial charge in [0, 0.05) is 12.1 Å². The average molecular weight is 294 g/mol. The third-order valence-corrected chi connectivity index (χ3v) is 3.00. The molecule has 0 fully saturated rings. The lowest BCUT2D eigenvalue weighted by Gasteiger charge is -2.16. The van der Waals surface area contributed by atoms with Gasteiger partial charge in [0.05, 0.1) is 34.0 Å². The summed E-state index contributed by atoms with van der Waals surface area (Å²) in [6, 6.07) is 5.52. The molecule has 0 bridgehead atoms. The lowest BCUT2D eigenvalue weighted by Crippen LogP contribution is -2.34. The van der Waals surface area contributed by atoms with Gasteiger partial charge in [-0.3, -0.25) is 0 Å². The minimum atomic E-state index is -0.821. The first-order chi connectivity index (χ1) is 9.97. The van der Waals surface area contributed by atoms with Crippen LogP contribution in [0.5, 0.6) is 23.0 Å². The molecule has 0 aliphatic heterocycles. The molecular formula is C15H22N2O4. The zero-order chi connectivity index (χ0) is 15.9. The smallest absolute Gasteiger partial charge is 0.203 e. The molecule has 0 aromatic heterocycles. The van der Waals surface area contributed by atoms with Crippen molar-refractivity contribution in [3.05, 3.63) is 12.1 Å². The number of hydrogen-bond donors (Lipinski definition) is 1. The summed E-state index contributed by atoms with van der Waals surface area (Å²) in [7, 11) is 4.65. The molecule has 0 spiro atoms. The number of nitrogens with two attached hydrogens (primary N) is 1. The fourth-order valence-electron chi connectivity index (χ4n) is 1.83. The van der Waals surface area contributed by atoms with Gasteiger partial charge in [0.25, 0.3) is 0 Å². The topological polar surface area (TPSA) is 86.7 Å². The van der Waals surface area contributed by atoms with E-state index in [9.17, 15) is 0 Å². The predicted octanol–water partition coefficient (Wildman–Crippen LogP) is 2.11. The van der Waals surface area contributed by atoms with Crippen LogP contribution in [0.3, 0.4) is 0 Å². The number of hydrogen-bond acceptors (Lipinski definition) is 6. The summed E-state index contributed by atoms with van der Waals surface area (Å²) in [4.78, 5) is 0. The third-order valence-electron chi connectivity index (χ3n) is 3.00. The zero-order valence-corrected chi connectivity index (χ0v) is 12.9. The summed E-state index contributed by atoms with van der Waals surface area (Å²) in [6.07, 6.45) is 1.24. The van der Waals surface area contributed by atoms with E-state index in [1.807, 2.05) is 0 Å². The zero-order valence-electron chi connectivity index (χ0n) is 12.9. The lowest BCUT2D eigenvalue weighted by atomic mass is 10.00. The second-order valence-corrected chi connectivity index (χ2v) is 4.84. The molecule has 21 heavy (non-hydrogen) atoms. The van der Waals surface area contributed by atoms with Crippen LogP contribution in [0.1, 0.15) is 19.8 Å². The van der Waals surface area contributed by atoms with E-state index >= 15 is 0 Å². The maximum absolute atomic E-state index is 8.84. The van der Waals surface area contributed by atoms with E-state index < -0.39 is 5.54 Å². The summed E-state index contributed by atoms with van der Waals surface area (Å²) in [5.41, 5.74) is 4.93. The van der Waals surface area contributed by atoms with E-state index in [0.717, 1.165) is 0 Å². The molecule has 0 radical (unpaired) electrons. The summed E-state index contributed by atoms with van der Waals surface area (Å²) >= 11 is 0. The first kappa shape index (κ1) is 16.9. The van der Waals surface area contributed by atoms with Crippen LogP contribution in [-0.2, 0) is 0 Å². The molecular weight excluding hydrogens is 272 g/mol. The van der Waals surface area contributed by atoms with Crippen molar-refractivity contribution in [1.29, 1.82) is 5.26 Å². The van der Waals surface area contributed by atoms with Crippen LogP contribution in [0.2, 0.25) is 0 Å². The van der Waals surface area contributed by atoms with E-state index in [1.54, 1.807) is 40.4 Å². The van der Waals surface area contributed by atoms with Gasteiger partial charge < -0.3 is 24.7 Å². The van der Waals surface area contributed by atoms with Crippen LogP contribution in [0.4, 0.5) is 0 Å². The molecule has 0 amide bonds. The molecule has 1 aromatic rings. The quantitative estimate of drug-likeness (QED) is 0.739. The Hall–Kier alpha value is -2.13. The number of ether oxygens (including phenoxy) is 4. The molecule has 0 saturated heterocycles. The Labute approximate surface area is 125 Å². The normalized spacial score (nSPS) is 13.0. The molecule has 1 aromatic carbocycles. The summed E-state index contributed by atoms with van der Waals surface area (Å²) in [5, 5.41) is 8.84. The van der Waals surface area contributed by atoms with Gasteiger partial charge in [-0.25, -0.2) is 0 Å². The number of rotatable bonds is 8. The molecule has 6 nitrogen and oxygen atoms in total. The number of methoxy groups -OCH3 is 3. The van der Waals surface area contributed by atoms with Crippen LogP contribution in [0.15, 0.2) is 12.1 Å². The molecule has 0 aliphatic rings. The molecule has 1 rings (SSSR count). The van der Waals surface area contributed by atoms with E-state index in [1.165, 1.54) is 0 Å². The van der Waals surface area contributed by atoms with Crippen LogP contribution >= 0.6 is 0 Å². The first-order valence-corrected chi connectivity index (χ1v) is 6.60. The minimum Gasteiger partial charge on any atom is -0.493 e. The SMILES string of the molecule is COc1cc(OCCCC(C)(N)C#N)cc(OC)c1OC. The summed E-state index contributed by atoms with van der Waals surface area (Å²) in [6.45, 7) is 2.15. The van der Waals surface area contributed by atoms with Crippen molar-refractivity contribution >= 4 is 0 Å². The van der Waals surface area contributed by atoms with Gasteiger partial charge >= 0.3 is 0 Å². The van der Waals surface area contributed by atoms with E-state index in [4.69, 9.17) is 29.9 Å². The number of benzene rings is 1. The molecule has 1 atom stereocenters. The third kappa shape index (κ3) is 4.72.